The van der Waals surface area contributed by atoms with E-state index in [-0.39, 0.29) is 0 Å². The van der Waals surface area contributed by atoms with Crippen LogP contribution in [0.4, 0.5) is 5.82 Å². The van der Waals surface area contributed by atoms with E-state index in [1.165, 1.54) is 0 Å². The van der Waals surface area contributed by atoms with Gasteiger partial charge in [0.25, 0.3) is 0 Å². The Morgan fingerprint density at radius 3 is 2.44 bits per heavy atom. The largest absolute Gasteiger partial charge is 0.477 e. The number of aryl methyl sites for hydroxylation is 2. The molecule has 0 spiro atoms. The molecule has 6 heteroatoms. The second-order valence-electron chi connectivity index (χ2n) is 4.79. The fraction of sp³-hybridized carbons (Fsp3) is 0.667. The minimum absolute atomic E-state index is 0.296. The fourth-order valence-corrected chi connectivity index (χ4v) is 2.06. The summed E-state index contributed by atoms with van der Waals surface area (Å²) in [6.07, 6.45) is 0.979. The van der Waals surface area contributed by atoms with Crippen molar-refractivity contribution in [3.8, 4) is 0 Å². The van der Waals surface area contributed by atoms with E-state index < -0.39 is 5.97 Å². The van der Waals surface area contributed by atoms with Crippen LogP contribution in [0.3, 0.4) is 0 Å². The van der Waals surface area contributed by atoms with Gasteiger partial charge in [-0.2, -0.15) is 5.10 Å². The molecule has 0 atom stereocenters. The van der Waals surface area contributed by atoms with Gasteiger partial charge in [0.1, 0.15) is 11.4 Å². The maximum Gasteiger partial charge on any atom is 0.341 e. The van der Waals surface area contributed by atoms with Gasteiger partial charge in [0.2, 0.25) is 0 Å². The second kappa shape index (κ2) is 5.86. The van der Waals surface area contributed by atoms with E-state index in [0.29, 0.717) is 17.1 Å². The molecule has 1 heterocycles. The van der Waals surface area contributed by atoms with E-state index in [2.05, 4.69) is 10.00 Å². The fourth-order valence-electron chi connectivity index (χ4n) is 2.06. The molecule has 0 unspecified atom stereocenters. The van der Waals surface area contributed by atoms with Crippen molar-refractivity contribution in [3.63, 3.8) is 0 Å². The summed E-state index contributed by atoms with van der Waals surface area (Å²) < 4.78 is 1.63. The number of hydrogen-bond acceptors (Lipinski definition) is 4. The van der Waals surface area contributed by atoms with Crippen LogP contribution in [0.15, 0.2) is 0 Å². The zero-order valence-corrected chi connectivity index (χ0v) is 11.8. The van der Waals surface area contributed by atoms with E-state index in [1.807, 2.05) is 26.0 Å². The van der Waals surface area contributed by atoms with Crippen LogP contribution in [0.5, 0.6) is 0 Å². The second-order valence-corrected chi connectivity index (χ2v) is 4.79. The van der Waals surface area contributed by atoms with E-state index in [1.54, 1.807) is 18.7 Å². The number of carbonyl (C=O) groups is 1. The molecule has 18 heavy (non-hydrogen) atoms. The van der Waals surface area contributed by atoms with Gasteiger partial charge >= 0.3 is 5.97 Å². The van der Waals surface area contributed by atoms with E-state index in [4.69, 9.17) is 0 Å². The summed E-state index contributed by atoms with van der Waals surface area (Å²) >= 11 is 0. The summed E-state index contributed by atoms with van der Waals surface area (Å²) in [6.45, 7) is 3.50. The van der Waals surface area contributed by atoms with Crippen molar-refractivity contribution < 1.29 is 9.90 Å². The van der Waals surface area contributed by atoms with Gasteiger partial charge in [0.05, 0.1) is 5.69 Å². The number of rotatable bonds is 6. The number of aromatic nitrogens is 2. The normalized spacial score (nSPS) is 11.0. The summed E-state index contributed by atoms with van der Waals surface area (Å²) in [4.78, 5) is 15.3. The summed E-state index contributed by atoms with van der Waals surface area (Å²) in [5, 5.41) is 13.4. The third-order valence-corrected chi connectivity index (χ3v) is 2.87. The summed E-state index contributed by atoms with van der Waals surface area (Å²) in [5.74, 6) is -0.256. The van der Waals surface area contributed by atoms with Crippen LogP contribution in [0.2, 0.25) is 0 Å². The molecular formula is C12H22N4O2. The number of aromatic carboxylic acids is 1. The topological polar surface area (TPSA) is 61.6 Å². The monoisotopic (exact) mass is 254 g/mol. The quantitative estimate of drug-likeness (QED) is 0.814. The Morgan fingerprint density at radius 1 is 1.33 bits per heavy atom. The summed E-state index contributed by atoms with van der Waals surface area (Å²) in [6, 6.07) is 0. The lowest BCUT2D eigenvalue weighted by Gasteiger charge is -2.21. The highest BCUT2D eigenvalue weighted by molar-refractivity contribution is 5.94. The number of hydrogen-bond donors (Lipinski definition) is 1. The minimum Gasteiger partial charge on any atom is -0.477 e. The molecule has 1 N–H and O–H groups in total. The van der Waals surface area contributed by atoms with Crippen molar-refractivity contribution in [2.24, 2.45) is 7.05 Å². The third-order valence-electron chi connectivity index (χ3n) is 2.87. The van der Waals surface area contributed by atoms with Gasteiger partial charge in [-0.05, 0) is 34.0 Å². The van der Waals surface area contributed by atoms with Crippen molar-refractivity contribution in [2.75, 3.05) is 39.1 Å². The van der Waals surface area contributed by atoms with Crippen LogP contribution in [0.25, 0.3) is 0 Å². The summed E-state index contributed by atoms with van der Waals surface area (Å²) in [7, 11) is 7.73. The maximum atomic E-state index is 11.3. The number of carboxylic acids is 1. The van der Waals surface area contributed by atoms with Crippen LogP contribution in [0, 0.1) is 6.92 Å². The zero-order chi connectivity index (χ0) is 13.9. The number of anilines is 1. The van der Waals surface area contributed by atoms with Crippen LogP contribution in [0.1, 0.15) is 22.5 Å². The van der Waals surface area contributed by atoms with Crippen molar-refractivity contribution in [1.29, 1.82) is 0 Å². The molecule has 0 aliphatic carbocycles. The first-order valence-corrected chi connectivity index (χ1v) is 5.97. The van der Waals surface area contributed by atoms with Crippen LogP contribution >= 0.6 is 0 Å². The molecule has 0 radical (unpaired) electrons. The van der Waals surface area contributed by atoms with Gasteiger partial charge < -0.3 is 14.9 Å². The van der Waals surface area contributed by atoms with E-state index in [9.17, 15) is 9.90 Å². The average molecular weight is 254 g/mol. The van der Waals surface area contributed by atoms with Crippen molar-refractivity contribution in [1.82, 2.24) is 14.7 Å². The minimum atomic E-state index is -0.921. The molecule has 0 saturated carbocycles. The molecule has 6 nitrogen and oxygen atoms in total. The first-order valence-electron chi connectivity index (χ1n) is 5.97. The van der Waals surface area contributed by atoms with Gasteiger partial charge in [0.15, 0.2) is 0 Å². The molecule has 1 aromatic heterocycles. The molecule has 0 amide bonds. The predicted octanol–water partition coefficient (Wildman–Crippen LogP) is 0.815. The number of carboxylic acid groups (broad SMARTS) is 1. The summed E-state index contributed by atoms with van der Waals surface area (Å²) in [5.41, 5.74) is 0.851. The highest BCUT2D eigenvalue weighted by Crippen LogP contribution is 2.22. The first-order chi connectivity index (χ1) is 8.34. The van der Waals surface area contributed by atoms with E-state index in [0.717, 1.165) is 19.5 Å². The highest BCUT2D eigenvalue weighted by Gasteiger charge is 2.22. The number of nitrogens with zero attached hydrogens (tertiary/aromatic N) is 4. The van der Waals surface area contributed by atoms with Gasteiger partial charge in [-0.25, -0.2) is 4.79 Å². The average Bonchev–Trinajstić information content (AvgIpc) is 2.52. The Balaban J connectivity index is 2.84. The highest BCUT2D eigenvalue weighted by atomic mass is 16.4. The Morgan fingerprint density at radius 2 is 1.94 bits per heavy atom. The van der Waals surface area contributed by atoms with Crippen molar-refractivity contribution in [2.45, 2.75) is 13.3 Å². The van der Waals surface area contributed by atoms with Crippen LogP contribution in [-0.4, -0.2) is 60.0 Å². The molecule has 0 bridgehead atoms. The first kappa shape index (κ1) is 14.5. The molecule has 1 rings (SSSR count). The van der Waals surface area contributed by atoms with Crippen molar-refractivity contribution >= 4 is 11.8 Å². The van der Waals surface area contributed by atoms with Gasteiger partial charge in [-0.3, -0.25) is 4.68 Å². The SMILES string of the molecule is Cc1nn(C)c(N(C)CCCN(C)C)c1C(=O)O. The Labute approximate surface area is 108 Å². The Hall–Kier alpha value is -1.56. The van der Waals surface area contributed by atoms with Crippen LogP contribution in [-0.2, 0) is 7.05 Å². The lowest BCUT2D eigenvalue weighted by molar-refractivity contribution is 0.0696. The van der Waals surface area contributed by atoms with E-state index >= 15 is 0 Å². The predicted molar refractivity (Wildman–Crippen MR) is 71.3 cm³/mol. The molecule has 1 aromatic rings. The molecule has 0 fully saturated rings. The molecule has 0 aliphatic rings. The van der Waals surface area contributed by atoms with Gasteiger partial charge in [-0.15, -0.1) is 0 Å². The molecule has 0 aliphatic heterocycles. The lowest BCUT2D eigenvalue weighted by atomic mass is 10.2. The molecule has 0 aromatic carbocycles. The lowest BCUT2D eigenvalue weighted by Crippen LogP contribution is -2.26. The zero-order valence-electron chi connectivity index (χ0n) is 11.8. The smallest absolute Gasteiger partial charge is 0.341 e. The standard InChI is InChI=1S/C12H22N4O2/c1-9-10(12(17)18)11(16(5)13-9)15(4)8-6-7-14(2)3/h6-8H2,1-5H3,(H,17,18). The molecule has 102 valence electrons. The van der Waals surface area contributed by atoms with Crippen LogP contribution < -0.4 is 4.90 Å². The van der Waals surface area contributed by atoms with Crippen molar-refractivity contribution in [3.05, 3.63) is 11.3 Å². The molecular weight excluding hydrogens is 232 g/mol. The third kappa shape index (κ3) is 3.22. The maximum absolute atomic E-state index is 11.3. The van der Waals surface area contributed by atoms with Gasteiger partial charge in [0, 0.05) is 20.6 Å². The Kier molecular flexibility index (Phi) is 4.72. The van der Waals surface area contributed by atoms with Gasteiger partial charge in [-0.1, -0.05) is 0 Å². The Bertz CT molecular complexity index is 426. The molecule has 0 saturated heterocycles.